The van der Waals surface area contributed by atoms with Gasteiger partial charge in [0.05, 0.1) is 0 Å². The van der Waals surface area contributed by atoms with Crippen molar-refractivity contribution in [2.75, 3.05) is 18.4 Å². The van der Waals surface area contributed by atoms with E-state index < -0.39 is 0 Å². The zero-order valence-corrected chi connectivity index (χ0v) is 9.84. The average Bonchev–Trinajstić information content (AvgIpc) is 2.41. The van der Waals surface area contributed by atoms with Crippen LogP contribution in [-0.2, 0) is 0 Å². The Hall–Kier alpha value is -1.84. The maximum Gasteiger partial charge on any atom is 0.0384 e. The number of para-hydroxylation sites is 2. The first-order chi connectivity index (χ1) is 8.36. The van der Waals surface area contributed by atoms with Crippen LogP contribution < -0.4 is 16.8 Å². The van der Waals surface area contributed by atoms with Gasteiger partial charge in [0.25, 0.3) is 0 Å². The fourth-order valence-electron chi connectivity index (χ4n) is 1.21. The maximum absolute atomic E-state index is 4.90. The van der Waals surface area contributed by atoms with Crippen molar-refractivity contribution in [3.8, 4) is 0 Å². The zero-order chi connectivity index (χ0) is 12.3. The van der Waals surface area contributed by atoms with Gasteiger partial charge in [-0.15, -0.1) is 0 Å². The number of nitrogens with two attached hydrogens (primary N) is 2. The second kappa shape index (κ2) is 8.33. The van der Waals surface area contributed by atoms with E-state index in [1.807, 2.05) is 60.7 Å². The van der Waals surface area contributed by atoms with Crippen LogP contribution >= 0.6 is 0 Å². The second-order valence-corrected chi connectivity index (χ2v) is 3.43. The van der Waals surface area contributed by atoms with E-state index in [4.69, 9.17) is 11.5 Å². The predicted octanol–water partition coefficient (Wildman–Crippen LogP) is 2.33. The molecule has 0 saturated heterocycles. The standard InChI is InChI=1S/C12H11N.C2H8N2/c1-3-7-11(8-4-1)13-12-9-5-2-6-10-12;3-1-2-4/h1-10,13H;1-4H2. The minimum atomic E-state index is 0.597. The van der Waals surface area contributed by atoms with Crippen LogP contribution in [0.1, 0.15) is 0 Å². The summed E-state index contributed by atoms with van der Waals surface area (Å²) in [6, 6.07) is 20.3. The van der Waals surface area contributed by atoms with E-state index in [0.29, 0.717) is 13.1 Å². The molecule has 2 rings (SSSR count). The lowest BCUT2D eigenvalue weighted by Crippen LogP contribution is -2.11. The Morgan fingerprint density at radius 3 is 1.29 bits per heavy atom. The van der Waals surface area contributed by atoms with Crippen molar-refractivity contribution >= 4 is 11.4 Å². The fourth-order valence-corrected chi connectivity index (χ4v) is 1.21. The van der Waals surface area contributed by atoms with Crippen LogP contribution in [0.15, 0.2) is 60.7 Å². The van der Waals surface area contributed by atoms with Gasteiger partial charge in [0.15, 0.2) is 0 Å². The van der Waals surface area contributed by atoms with Gasteiger partial charge >= 0.3 is 0 Å². The smallest absolute Gasteiger partial charge is 0.0384 e. The average molecular weight is 229 g/mol. The minimum Gasteiger partial charge on any atom is -0.356 e. The lowest BCUT2D eigenvalue weighted by Gasteiger charge is -2.04. The number of hydrogen-bond acceptors (Lipinski definition) is 3. The molecule has 0 aliphatic carbocycles. The quantitative estimate of drug-likeness (QED) is 0.757. The van der Waals surface area contributed by atoms with E-state index in [9.17, 15) is 0 Å². The molecule has 0 saturated carbocycles. The van der Waals surface area contributed by atoms with Crippen LogP contribution in [0.5, 0.6) is 0 Å². The fraction of sp³-hybridized carbons (Fsp3) is 0.143. The molecule has 17 heavy (non-hydrogen) atoms. The molecule has 0 bridgehead atoms. The maximum atomic E-state index is 4.90. The first kappa shape index (κ1) is 13.2. The van der Waals surface area contributed by atoms with Gasteiger partial charge in [0.1, 0.15) is 0 Å². The number of nitrogens with one attached hydrogen (secondary N) is 1. The van der Waals surface area contributed by atoms with Crippen molar-refractivity contribution in [3.63, 3.8) is 0 Å². The van der Waals surface area contributed by atoms with Crippen molar-refractivity contribution < 1.29 is 0 Å². The number of anilines is 2. The molecule has 0 radical (unpaired) electrons. The molecule has 0 fully saturated rings. The Labute approximate surface area is 102 Å². The molecular formula is C14H19N3. The summed E-state index contributed by atoms with van der Waals surface area (Å²) in [4.78, 5) is 0. The van der Waals surface area contributed by atoms with Crippen LogP contribution in [-0.4, -0.2) is 13.1 Å². The van der Waals surface area contributed by atoms with Crippen molar-refractivity contribution in [1.29, 1.82) is 0 Å². The Bertz CT molecular complexity index is 347. The highest BCUT2D eigenvalue weighted by atomic mass is 14.9. The SMILES string of the molecule is NCCN.c1ccc(Nc2ccccc2)cc1. The number of rotatable bonds is 3. The van der Waals surface area contributed by atoms with E-state index in [1.165, 1.54) is 0 Å². The molecule has 0 aromatic heterocycles. The van der Waals surface area contributed by atoms with E-state index in [2.05, 4.69) is 5.32 Å². The van der Waals surface area contributed by atoms with Crippen LogP contribution in [0.2, 0.25) is 0 Å². The zero-order valence-electron chi connectivity index (χ0n) is 9.84. The molecule has 3 nitrogen and oxygen atoms in total. The van der Waals surface area contributed by atoms with E-state index in [0.717, 1.165) is 11.4 Å². The third kappa shape index (κ3) is 5.70. The summed E-state index contributed by atoms with van der Waals surface area (Å²) >= 11 is 0. The van der Waals surface area contributed by atoms with Gasteiger partial charge in [-0.1, -0.05) is 36.4 Å². The monoisotopic (exact) mass is 229 g/mol. The Morgan fingerprint density at radius 1 is 0.647 bits per heavy atom. The molecule has 0 atom stereocenters. The van der Waals surface area contributed by atoms with Gasteiger partial charge in [0, 0.05) is 24.5 Å². The van der Waals surface area contributed by atoms with Gasteiger partial charge < -0.3 is 16.8 Å². The van der Waals surface area contributed by atoms with Crippen LogP contribution in [0.4, 0.5) is 11.4 Å². The molecule has 0 aliphatic rings. The molecule has 0 unspecified atom stereocenters. The summed E-state index contributed by atoms with van der Waals surface area (Å²) in [5, 5.41) is 3.30. The molecule has 2 aromatic carbocycles. The molecule has 0 heterocycles. The topological polar surface area (TPSA) is 64.1 Å². The highest BCUT2D eigenvalue weighted by Crippen LogP contribution is 2.14. The summed E-state index contributed by atoms with van der Waals surface area (Å²) in [6.45, 7) is 1.19. The van der Waals surface area contributed by atoms with Crippen molar-refractivity contribution in [1.82, 2.24) is 0 Å². The van der Waals surface area contributed by atoms with E-state index in [1.54, 1.807) is 0 Å². The Kier molecular flexibility index (Phi) is 6.48. The second-order valence-electron chi connectivity index (χ2n) is 3.43. The summed E-state index contributed by atoms with van der Waals surface area (Å²) in [6.07, 6.45) is 0. The number of hydrogen-bond donors (Lipinski definition) is 3. The summed E-state index contributed by atoms with van der Waals surface area (Å²) in [7, 11) is 0. The Balaban J connectivity index is 0.000000317. The lowest BCUT2D eigenvalue weighted by molar-refractivity contribution is 0.976. The third-order valence-electron chi connectivity index (χ3n) is 2.00. The first-order valence-electron chi connectivity index (χ1n) is 5.64. The van der Waals surface area contributed by atoms with Crippen LogP contribution in [0, 0.1) is 0 Å². The van der Waals surface area contributed by atoms with Crippen molar-refractivity contribution in [2.45, 2.75) is 0 Å². The molecule has 2 aromatic rings. The lowest BCUT2D eigenvalue weighted by atomic mass is 10.3. The molecule has 0 aliphatic heterocycles. The van der Waals surface area contributed by atoms with E-state index in [-0.39, 0.29) is 0 Å². The molecular weight excluding hydrogens is 210 g/mol. The first-order valence-corrected chi connectivity index (χ1v) is 5.64. The van der Waals surface area contributed by atoms with Gasteiger partial charge in [-0.25, -0.2) is 0 Å². The Morgan fingerprint density at radius 2 is 1.00 bits per heavy atom. The molecule has 3 heteroatoms. The van der Waals surface area contributed by atoms with Gasteiger partial charge in [-0.2, -0.15) is 0 Å². The highest BCUT2D eigenvalue weighted by Gasteiger charge is 1.89. The van der Waals surface area contributed by atoms with Crippen LogP contribution in [0.25, 0.3) is 0 Å². The summed E-state index contributed by atoms with van der Waals surface area (Å²) < 4.78 is 0. The number of benzene rings is 2. The summed E-state index contributed by atoms with van der Waals surface area (Å²) in [5.41, 5.74) is 12.0. The molecule has 5 N–H and O–H groups in total. The predicted molar refractivity (Wildman–Crippen MR) is 74.3 cm³/mol. The van der Waals surface area contributed by atoms with E-state index >= 15 is 0 Å². The normalized spacial score (nSPS) is 9.06. The molecule has 90 valence electrons. The molecule has 0 amide bonds. The van der Waals surface area contributed by atoms with Crippen LogP contribution in [0.3, 0.4) is 0 Å². The van der Waals surface area contributed by atoms with Crippen molar-refractivity contribution in [2.24, 2.45) is 11.5 Å². The van der Waals surface area contributed by atoms with Gasteiger partial charge in [0.2, 0.25) is 0 Å². The van der Waals surface area contributed by atoms with Gasteiger partial charge in [-0.05, 0) is 24.3 Å². The largest absolute Gasteiger partial charge is 0.356 e. The summed E-state index contributed by atoms with van der Waals surface area (Å²) in [5.74, 6) is 0. The highest BCUT2D eigenvalue weighted by molar-refractivity contribution is 5.58. The molecule has 0 spiro atoms. The van der Waals surface area contributed by atoms with Crippen molar-refractivity contribution in [3.05, 3.63) is 60.7 Å². The third-order valence-corrected chi connectivity index (χ3v) is 2.00. The van der Waals surface area contributed by atoms with Gasteiger partial charge in [-0.3, -0.25) is 0 Å². The minimum absolute atomic E-state index is 0.597.